The van der Waals surface area contributed by atoms with Crippen LogP contribution in [-0.4, -0.2) is 76.4 Å². The van der Waals surface area contributed by atoms with Gasteiger partial charge in [0.25, 0.3) is 0 Å². The number of aliphatic carboxylic acids is 1. The summed E-state index contributed by atoms with van der Waals surface area (Å²) in [5.74, 6) is -1.23. The standard InChI is InChI=1S/C12H23N3O4/c1-4-14-5-6-15(7-8(14)2)12(19)13-10(9(3)16)11(17)18/h8-10,16H,4-7H2,1-3H3,(H,13,19)(H,17,18). The van der Waals surface area contributed by atoms with E-state index in [0.717, 1.165) is 13.1 Å². The zero-order chi connectivity index (χ0) is 14.6. The van der Waals surface area contributed by atoms with Gasteiger partial charge < -0.3 is 20.4 Å². The molecular weight excluding hydrogens is 250 g/mol. The fraction of sp³-hybridized carbons (Fsp3) is 0.833. The Balaban J connectivity index is 2.57. The number of hydrogen-bond donors (Lipinski definition) is 3. The quantitative estimate of drug-likeness (QED) is 0.645. The number of amides is 2. The van der Waals surface area contributed by atoms with E-state index in [1.54, 1.807) is 4.90 Å². The summed E-state index contributed by atoms with van der Waals surface area (Å²) < 4.78 is 0. The molecule has 0 saturated carbocycles. The number of aliphatic hydroxyl groups is 1. The van der Waals surface area contributed by atoms with E-state index in [1.165, 1.54) is 6.92 Å². The van der Waals surface area contributed by atoms with Crippen LogP contribution in [0.4, 0.5) is 4.79 Å². The SMILES string of the molecule is CCN1CCN(C(=O)NC(C(=O)O)C(C)O)CC1C. The molecule has 7 heteroatoms. The topological polar surface area (TPSA) is 93.1 Å². The number of likely N-dealkylation sites (N-methyl/N-ethyl adjacent to an activating group) is 1. The normalized spacial score (nSPS) is 23.8. The zero-order valence-electron chi connectivity index (χ0n) is 11.7. The van der Waals surface area contributed by atoms with E-state index < -0.39 is 24.1 Å². The number of carbonyl (C=O) groups excluding carboxylic acids is 1. The molecule has 0 bridgehead atoms. The molecule has 7 nitrogen and oxygen atoms in total. The van der Waals surface area contributed by atoms with Crippen molar-refractivity contribution in [1.29, 1.82) is 0 Å². The minimum Gasteiger partial charge on any atom is -0.480 e. The van der Waals surface area contributed by atoms with E-state index in [4.69, 9.17) is 5.11 Å². The largest absolute Gasteiger partial charge is 0.480 e. The van der Waals surface area contributed by atoms with Gasteiger partial charge in [-0.05, 0) is 20.4 Å². The summed E-state index contributed by atoms with van der Waals surface area (Å²) in [5.41, 5.74) is 0. The molecule has 110 valence electrons. The van der Waals surface area contributed by atoms with E-state index in [0.29, 0.717) is 13.1 Å². The van der Waals surface area contributed by atoms with Gasteiger partial charge in [0.15, 0.2) is 6.04 Å². The highest BCUT2D eigenvalue weighted by molar-refractivity contribution is 5.83. The van der Waals surface area contributed by atoms with Crippen LogP contribution >= 0.6 is 0 Å². The van der Waals surface area contributed by atoms with Crippen LogP contribution in [0, 0.1) is 0 Å². The molecule has 1 saturated heterocycles. The van der Waals surface area contributed by atoms with Crippen molar-refractivity contribution in [2.75, 3.05) is 26.2 Å². The smallest absolute Gasteiger partial charge is 0.328 e. The molecule has 19 heavy (non-hydrogen) atoms. The summed E-state index contributed by atoms with van der Waals surface area (Å²) >= 11 is 0. The van der Waals surface area contributed by atoms with Crippen LogP contribution in [0.15, 0.2) is 0 Å². The second-order valence-corrected chi connectivity index (χ2v) is 4.93. The Kier molecular flexibility index (Phi) is 5.56. The molecule has 1 rings (SSSR count). The first-order valence-electron chi connectivity index (χ1n) is 6.57. The molecule has 0 radical (unpaired) electrons. The Morgan fingerprint density at radius 3 is 2.47 bits per heavy atom. The van der Waals surface area contributed by atoms with Crippen molar-refractivity contribution in [2.45, 2.75) is 39.0 Å². The fourth-order valence-corrected chi connectivity index (χ4v) is 2.26. The van der Waals surface area contributed by atoms with Gasteiger partial charge in [-0.1, -0.05) is 6.92 Å². The highest BCUT2D eigenvalue weighted by Crippen LogP contribution is 2.09. The molecule has 0 aliphatic carbocycles. The summed E-state index contributed by atoms with van der Waals surface area (Å²) in [6.45, 7) is 8.28. The summed E-state index contributed by atoms with van der Waals surface area (Å²) in [7, 11) is 0. The molecule has 3 unspecified atom stereocenters. The average Bonchev–Trinajstić information content (AvgIpc) is 2.34. The van der Waals surface area contributed by atoms with Crippen molar-refractivity contribution in [3.05, 3.63) is 0 Å². The number of carboxylic acid groups (broad SMARTS) is 1. The molecule has 0 aromatic heterocycles. The monoisotopic (exact) mass is 273 g/mol. The van der Waals surface area contributed by atoms with Gasteiger partial charge in [0.2, 0.25) is 0 Å². The van der Waals surface area contributed by atoms with E-state index in [9.17, 15) is 14.7 Å². The van der Waals surface area contributed by atoms with Crippen LogP contribution in [0.25, 0.3) is 0 Å². The van der Waals surface area contributed by atoms with Crippen LogP contribution in [0.1, 0.15) is 20.8 Å². The second kappa shape index (κ2) is 6.72. The van der Waals surface area contributed by atoms with Crippen molar-refractivity contribution in [3.63, 3.8) is 0 Å². The fourth-order valence-electron chi connectivity index (χ4n) is 2.26. The lowest BCUT2D eigenvalue weighted by atomic mass is 10.2. The Labute approximate surface area is 113 Å². The molecule has 0 spiro atoms. The van der Waals surface area contributed by atoms with Crippen LogP contribution in [-0.2, 0) is 4.79 Å². The number of carbonyl (C=O) groups is 2. The lowest BCUT2D eigenvalue weighted by Crippen LogP contribution is -2.58. The Bertz CT molecular complexity index is 335. The number of nitrogens with one attached hydrogen (secondary N) is 1. The molecular formula is C12H23N3O4. The van der Waals surface area contributed by atoms with Gasteiger partial charge in [-0.25, -0.2) is 9.59 Å². The molecule has 2 amide bonds. The third-order valence-electron chi connectivity index (χ3n) is 3.49. The predicted octanol–water partition coefficient (Wildman–Crippen LogP) is -0.444. The maximum atomic E-state index is 12.0. The van der Waals surface area contributed by atoms with Crippen LogP contribution < -0.4 is 5.32 Å². The minimum absolute atomic E-state index is 0.249. The van der Waals surface area contributed by atoms with E-state index in [1.807, 2.05) is 6.92 Å². The van der Waals surface area contributed by atoms with E-state index >= 15 is 0 Å². The number of carboxylic acids is 1. The van der Waals surface area contributed by atoms with Crippen molar-refractivity contribution in [2.24, 2.45) is 0 Å². The lowest BCUT2D eigenvalue weighted by Gasteiger charge is -2.39. The maximum Gasteiger partial charge on any atom is 0.328 e. The molecule has 0 aromatic carbocycles. The molecule has 1 aliphatic rings. The van der Waals surface area contributed by atoms with Gasteiger partial charge >= 0.3 is 12.0 Å². The zero-order valence-corrected chi connectivity index (χ0v) is 11.7. The summed E-state index contributed by atoms with van der Waals surface area (Å²) in [6, 6.07) is -1.46. The summed E-state index contributed by atoms with van der Waals surface area (Å²) in [5, 5.41) is 20.6. The minimum atomic E-state index is -1.27. The number of hydrogen-bond acceptors (Lipinski definition) is 4. The number of nitrogens with zero attached hydrogens (tertiary/aromatic N) is 2. The van der Waals surface area contributed by atoms with Gasteiger partial charge in [-0.15, -0.1) is 0 Å². The Morgan fingerprint density at radius 1 is 1.42 bits per heavy atom. The molecule has 1 aliphatic heterocycles. The number of rotatable bonds is 4. The average molecular weight is 273 g/mol. The van der Waals surface area contributed by atoms with E-state index in [-0.39, 0.29) is 6.04 Å². The van der Waals surface area contributed by atoms with Gasteiger partial charge in [0.1, 0.15) is 0 Å². The third-order valence-corrected chi connectivity index (χ3v) is 3.49. The predicted molar refractivity (Wildman–Crippen MR) is 69.9 cm³/mol. The summed E-state index contributed by atoms with van der Waals surface area (Å²) in [4.78, 5) is 26.7. The van der Waals surface area contributed by atoms with Crippen molar-refractivity contribution in [3.8, 4) is 0 Å². The third kappa shape index (κ3) is 4.07. The highest BCUT2D eigenvalue weighted by Gasteiger charge is 2.30. The van der Waals surface area contributed by atoms with Crippen molar-refractivity contribution < 1.29 is 19.8 Å². The first-order valence-corrected chi connectivity index (χ1v) is 6.57. The lowest BCUT2D eigenvalue weighted by molar-refractivity contribution is -0.141. The first kappa shape index (κ1) is 15.7. The van der Waals surface area contributed by atoms with Gasteiger partial charge in [-0.2, -0.15) is 0 Å². The van der Waals surface area contributed by atoms with E-state index in [2.05, 4.69) is 17.1 Å². The first-order chi connectivity index (χ1) is 8.86. The number of piperazine rings is 1. The Hall–Kier alpha value is -1.34. The van der Waals surface area contributed by atoms with Gasteiger partial charge in [-0.3, -0.25) is 4.90 Å². The van der Waals surface area contributed by atoms with Crippen LogP contribution in [0.2, 0.25) is 0 Å². The molecule has 0 aromatic rings. The van der Waals surface area contributed by atoms with Gasteiger partial charge in [0, 0.05) is 25.7 Å². The molecule has 1 fully saturated rings. The maximum absolute atomic E-state index is 12.0. The second-order valence-electron chi connectivity index (χ2n) is 4.93. The van der Waals surface area contributed by atoms with Crippen LogP contribution in [0.5, 0.6) is 0 Å². The van der Waals surface area contributed by atoms with Crippen molar-refractivity contribution >= 4 is 12.0 Å². The van der Waals surface area contributed by atoms with Crippen LogP contribution in [0.3, 0.4) is 0 Å². The summed E-state index contributed by atoms with van der Waals surface area (Å²) in [6.07, 6.45) is -1.13. The molecule has 3 N–H and O–H groups in total. The molecule has 1 heterocycles. The number of aliphatic hydroxyl groups excluding tert-OH is 1. The van der Waals surface area contributed by atoms with Crippen molar-refractivity contribution in [1.82, 2.24) is 15.1 Å². The van der Waals surface area contributed by atoms with Gasteiger partial charge in [0.05, 0.1) is 6.10 Å². The highest BCUT2D eigenvalue weighted by atomic mass is 16.4. The Morgan fingerprint density at radius 2 is 2.05 bits per heavy atom. The molecule has 3 atom stereocenters. The number of urea groups is 1.